The molecule has 1 aliphatic rings. The minimum atomic E-state index is -1.15. The number of piperidine rings is 1. The second-order valence-electron chi connectivity index (χ2n) is 7.10. The molecule has 2 heterocycles. The maximum absolute atomic E-state index is 10.4. The number of likely N-dealkylation sites (tertiary alicyclic amines) is 1. The summed E-state index contributed by atoms with van der Waals surface area (Å²) in [5, 5.41) is 24.7. The molecule has 0 bridgehead atoms. The molecule has 0 saturated carbocycles. The highest BCUT2D eigenvalue weighted by Gasteiger charge is 2.46. The largest absolute Gasteiger partial charge is 0.387 e. The van der Waals surface area contributed by atoms with Crippen molar-refractivity contribution < 1.29 is 14.7 Å². The summed E-state index contributed by atoms with van der Waals surface area (Å²) < 4.78 is 5.33. The Bertz CT molecular complexity index is 667. The monoisotopic (exact) mass is 331 g/mol. The number of hydrogen-bond donors (Lipinski definition) is 2. The van der Waals surface area contributed by atoms with Gasteiger partial charge in [0, 0.05) is 19.5 Å². The van der Waals surface area contributed by atoms with Crippen molar-refractivity contribution in [2.75, 3.05) is 13.1 Å². The van der Waals surface area contributed by atoms with E-state index in [1.54, 1.807) is 13.8 Å². The van der Waals surface area contributed by atoms with Gasteiger partial charge in [-0.25, -0.2) is 0 Å². The predicted octanol–water partition coefficient (Wildman–Crippen LogP) is 1.56. The van der Waals surface area contributed by atoms with Gasteiger partial charge in [-0.3, -0.25) is 4.90 Å². The fourth-order valence-corrected chi connectivity index (χ4v) is 3.01. The average molecular weight is 331 g/mol. The number of rotatable bonds is 5. The molecule has 2 N–H and O–H groups in total. The normalized spacial score (nSPS) is 28.2. The molecular weight excluding hydrogens is 306 g/mol. The molecule has 6 nitrogen and oxygen atoms in total. The highest BCUT2D eigenvalue weighted by molar-refractivity contribution is 5.15. The molecule has 1 fully saturated rings. The molecule has 24 heavy (non-hydrogen) atoms. The van der Waals surface area contributed by atoms with Gasteiger partial charge in [0.25, 0.3) is 0 Å². The smallest absolute Gasteiger partial charge is 0.240 e. The van der Waals surface area contributed by atoms with Gasteiger partial charge in [-0.1, -0.05) is 35.5 Å². The van der Waals surface area contributed by atoms with Gasteiger partial charge in [0.15, 0.2) is 5.82 Å². The van der Waals surface area contributed by atoms with Gasteiger partial charge in [-0.05, 0) is 32.3 Å². The molecule has 6 heteroatoms. The van der Waals surface area contributed by atoms with Crippen molar-refractivity contribution in [1.82, 2.24) is 15.0 Å². The van der Waals surface area contributed by atoms with Crippen LogP contribution >= 0.6 is 0 Å². The third kappa shape index (κ3) is 3.83. The first kappa shape index (κ1) is 17.1. The van der Waals surface area contributed by atoms with E-state index in [0.29, 0.717) is 37.8 Å². The van der Waals surface area contributed by atoms with Crippen LogP contribution in [0.5, 0.6) is 0 Å². The number of nitrogens with zero attached hydrogens (tertiary/aromatic N) is 3. The fraction of sp³-hybridized carbons (Fsp3) is 0.556. The van der Waals surface area contributed by atoms with Crippen molar-refractivity contribution in [2.45, 2.75) is 50.9 Å². The lowest BCUT2D eigenvalue weighted by atomic mass is 9.80. The number of β-amino-alcohol motifs (C(OH)–C–C–N with tert-alkyl or cyclic N) is 1. The topological polar surface area (TPSA) is 82.6 Å². The molecule has 1 saturated heterocycles. The summed E-state index contributed by atoms with van der Waals surface area (Å²) >= 11 is 0. The van der Waals surface area contributed by atoms with E-state index in [-0.39, 0.29) is 0 Å². The van der Waals surface area contributed by atoms with E-state index in [0.717, 1.165) is 12.8 Å². The number of aryl methyl sites for hydroxylation is 2. The van der Waals surface area contributed by atoms with Crippen LogP contribution in [0.15, 0.2) is 34.9 Å². The van der Waals surface area contributed by atoms with Crippen molar-refractivity contribution in [2.24, 2.45) is 0 Å². The quantitative estimate of drug-likeness (QED) is 0.865. The standard InChI is InChI=1S/C18H25N3O3/c1-17(22)10-11-21(13-18(17,2)23)12-16-19-15(20-24-16)9-8-14-6-4-3-5-7-14/h3-7,22-23H,8-13H2,1-2H3/t17-,18+/m1/s1. The number of benzene rings is 1. The van der Waals surface area contributed by atoms with Crippen molar-refractivity contribution in [3.63, 3.8) is 0 Å². The summed E-state index contributed by atoms with van der Waals surface area (Å²) in [6.45, 7) is 4.90. The number of aliphatic hydroxyl groups is 2. The van der Waals surface area contributed by atoms with E-state index < -0.39 is 11.2 Å². The zero-order chi connectivity index (χ0) is 17.2. The molecule has 0 spiro atoms. The van der Waals surface area contributed by atoms with Gasteiger partial charge in [0.2, 0.25) is 5.89 Å². The van der Waals surface area contributed by atoms with E-state index in [1.807, 2.05) is 23.1 Å². The van der Waals surface area contributed by atoms with E-state index in [4.69, 9.17) is 4.52 Å². The minimum absolute atomic E-state index is 0.377. The summed E-state index contributed by atoms with van der Waals surface area (Å²) in [5.74, 6) is 1.25. The van der Waals surface area contributed by atoms with Crippen LogP contribution in [-0.4, -0.2) is 49.5 Å². The van der Waals surface area contributed by atoms with Crippen molar-refractivity contribution in [1.29, 1.82) is 0 Å². The Hall–Kier alpha value is -1.76. The van der Waals surface area contributed by atoms with Gasteiger partial charge in [-0.15, -0.1) is 0 Å². The van der Waals surface area contributed by atoms with E-state index in [9.17, 15) is 10.2 Å². The predicted molar refractivity (Wildman–Crippen MR) is 89.3 cm³/mol. The Morgan fingerprint density at radius 1 is 1.12 bits per heavy atom. The van der Waals surface area contributed by atoms with Crippen LogP contribution in [-0.2, 0) is 19.4 Å². The SMILES string of the molecule is C[C@]1(O)CN(Cc2nc(CCc3ccccc3)no2)CC[C@@]1(C)O. The summed E-state index contributed by atoms with van der Waals surface area (Å²) in [6, 6.07) is 10.2. The van der Waals surface area contributed by atoms with Crippen molar-refractivity contribution in [3.8, 4) is 0 Å². The Morgan fingerprint density at radius 2 is 1.88 bits per heavy atom. The summed E-state index contributed by atoms with van der Waals surface area (Å²) in [4.78, 5) is 6.47. The lowest BCUT2D eigenvalue weighted by molar-refractivity contribution is -0.172. The molecule has 1 aliphatic heterocycles. The van der Waals surface area contributed by atoms with Gasteiger partial charge in [0.1, 0.15) is 5.60 Å². The molecule has 0 aliphatic carbocycles. The first-order valence-electron chi connectivity index (χ1n) is 8.38. The first-order valence-corrected chi connectivity index (χ1v) is 8.38. The second-order valence-corrected chi connectivity index (χ2v) is 7.10. The fourth-order valence-electron chi connectivity index (χ4n) is 3.01. The molecule has 1 aromatic carbocycles. The van der Waals surface area contributed by atoms with Gasteiger partial charge >= 0.3 is 0 Å². The van der Waals surface area contributed by atoms with Crippen LogP contribution in [0.2, 0.25) is 0 Å². The Labute approximate surface area is 142 Å². The zero-order valence-corrected chi connectivity index (χ0v) is 14.3. The molecule has 130 valence electrons. The van der Waals surface area contributed by atoms with Crippen molar-refractivity contribution in [3.05, 3.63) is 47.6 Å². The van der Waals surface area contributed by atoms with Crippen LogP contribution < -0.4 is 0 Å². The Kier molecular flexibility index (Phi) is 4.71. The number of hydrogen-bond acceptors (Lipinski definition) is 6. The zero-order valence-electron chi connectivity index (χ0n) is 14.3. The molecule has 1 aromatic heterocycles. The number of aromatic nitrogens is 2. The Morgan fingerprint density at radius 3 is 2.58 bits per heavy atom. The van der Waals surface area contributed by atoms with Gasteiger partial charge in [0.05, 0.1) is 12.1 Å². The molecule has 2 aromatic rings. The summed E-state index contributed by atoms with van der Waals surface area (Å²) in [6.07, 6.45) is 2.12. The first-order chi connectivity index (χ1) is 11.4. The molecule has 0 amide bonds. The Balaban J connectivity index is 1.55. The maximum Gasteiger partial charge on any atom is 0.240 e. The lowest BCUT2D eigenvalue weighted by Gasteiger charge is -2.46. The second kappa shape index (κ2) is 6.63. The van der Waals surface area contributed by atoms with Crippen LogP contribution in [0.1, 0.15) is 37.5 Å². The summed E-state index contributed by atoms with van der Waals surface area (Å²) in [7, 11) is 0. The van der Waals surface area contributed by atoms with Crippen LogP contribution in [0, 0.1) is 0 Å². The highest BCUT2D eigenvalue weighted by atomic mass is 16.5. The third-order valence-corrected chi connectivity index (χ3v) is 4.96. The highest BCUT2D eigenvalue weighted by Crippen LogP contribution is 2.31. The van der Waals surface area contributed by atoms with Crippen LogP contribution in [0.4, 0.5) is 0 Å². The molecular formula is C18H25N3O3. The minimum Gasteiger partial charge on any atom is -0.387 e. The van der Waals surface area contributed by atoms with Crippen LogP contribution in [0.25, 0.3) is 0 Å². The summed E-state index contributed by atoms with van der Waals surface area (Å²) in [5.41, 5.74) is -0.973. The van der Waals surface area contributed by atoms with E-state index in [1.165, 1.54) is 5.56 Å². The molecule has 3 rings (SSSR count). The van der Waals surface area contributed by atoms with Crippen molar-refractivity contribution >= 4 is 0 Å². The lowest BCUT2D eigenvalue weighted by Crippen LogP contribution is -2.61. The van der Waals surface area contributed by atoms with Gasteiger partial charge < -0.3 is 14.7 Å². The molecule has 0 unspecified atom stereocenters. The third-order valence-electron chi connectivity index (χ3n) is 4.96. The molecule has 0 radical (unpaired) electrons. The maximum atomic E-state index is 10.4. The van der Waals surface area contributed by atoms with Crippen LogP contribution in [0.3, 0.4) is 0 Å². The van der Waals surface area contributed by atoms with E-state index >= 15 is 0 Å². The average Bonchev–Trinajstić information content (AvgIpc) is 2.98. The molecule has 2 atom stereocenters. The van der Waals surface area contributed by atoms with E-state index in [2.05, 4.69) is 22.3 Å². The van der Waals surface area contributed by atoms with Gasteiger partial charge in [-0.2, -0.15) is 4.98 Å².